The minimum absolute atomic E-state index is 0.147. The van der Waals surface area contributed by atoms with Gasteiger partial charge in [-0.1, -0.05) is 12.1 Å². The molecule has 2 aromatic heterocycles. The van der Waals surface area contributed by atoms with Crippen molar-refractivity contribution in [3.05, 3.63) is 52.0 Å². The molecule has 150 valence electrons. The van der Waals surface area contributed by atoms with Crippen LogP contribution in [0, 0.1) is 0 Å². The molecule has 2 fully saturated rings. The molecule has 7 heteroatoms. The maximum Gasteiger partial charge on any atom is 0.290 e. The monoisotopic (exact) mass is 401 g/mol. The molecule has 0 radical (unpaired) electrons. The fraction of sp³-hybridized carbons (Fsp3) is 0.476. The summed E-state index contributed by atoms with van der Waals surface area (Å²) in [4.78, 5) is 31.4. The topological polar surface area (TPSA) is 73.7 Å². The maximum atomic E-state index is 12.7. The number of amides is 1. The number of carbonyl (C=O) groups excluding carboxylic acids is 1. The molecule has 0 bridgehead atoms. The van der Waals surface area contributed by atoms with Gasteiger partial charge in [0.1, 0.15) is 0 Å². The van der Waals surface area contributed by atoms with Gasteiger partial charge in [-0.25, -0.2) is 0 Å². The lowest BCUT2D eigenvalue weighted by Gasteiger charge is -2.24. The Morgan fingerprint density at radius 3 is 2.64 bits per heavy atom. The van der Waals surface area contributed by atoms with E-state index in [9.17, 15) is 4.79 Å². The van der Waals surface area contributed by atoms with Gasteiger partial charge in [0, 0.05) is 24.2 Å². The molecule has 28 heavy (non-hydrogen) atoms. The summed E-state index contributed by atoms with van der Waals surface area (Å²) in [6.45, 7) is 4.01. The van der Waals surface area contributed by atoms with E-state index in [1.807, 2.05) is 28.6 Å². The number of carbonyl (C=O) groups is 2. The standard InChI is InChI=1S/C20H25N3OS.CH2O2/c24-20(13-17-5-4-12-25-17)23-11-3-6-19(23)18-8-7-16(14-21-18)15-22-9-1-2-10-22;2-1-3/h4-5,7-8,12,14,19H,1-3,6,9-11,13,15H2;1H,(H,2,3). The normalized spacial score (nSPS) is 19.3. The van der Waals surface area contributed by atoms with Crippen molar-refractivity contribution in [2.75, 3.05) is 19.6 Å². The van der Waals surface area contributed by atoms with E-state index in [1.54, 1.807) is 11.3 Å². The molecule has 2 aliphatic rings. The highest BCUT2D eigenvalue weighted by molar-refractivity contribution is 7.10. The SMILES string of the molecule is O=C(Cc1cccs1)N1CCCC1c1ccc(CN2CCCC2)cn1.O=CO. The van der Waals surface area contributed by atoms with Crippen LogP contribution < -0.4 is 0 Å². The van der Waals surface area contributed by atoms with Gasteiger partial charge < -0.3 is 10.0 Å². The van der Waals surface area contributed by atoms with Crippen molar-refractivity contribution in [2.45, 2.75) is 44.7 Å². The Balaban J connectivity index is 0.000000706. The van der Waals surface area contributed by atoms with Crippen molar-refractivity contribution in [2.24, 2.45) is 0 Å². The van der Waals surface area contributed by atoms with Crippen LogP contribution in [-0.4, -0.2) is 51.9 Å². The average molecular weight is 402 g/mol. The third-order valence-electron chi connectivity index (χ3n) is 5.27. The van der Waals surface area contributed by atoms with Gasteiger partial charge in [-0.2, -0.15) is 0 Å². The molecule has 6 nitrogen and oxygen atoms in total. The van der Waals surface area contributed by atoms with Crippen LogP contribution in [0.5, 0.6) is 0 Å². The lowest BCUT2D eigenvalue weighted by atomic mass is 10.1. The Kier molecular flexibility index (Phi) is 7.56. The lowest BCUT2D eigenvalue weighted by molar-refractivity contribution is -0.131. The van der Waals surface area contributed by atoms with Gasteiger partial charge in [0.15, 0.2) is 0 Å². The molecule has 1 amide bonds. The molecular formula is C21H27N3O3S. The first-order valence-corrected chi connectivity index (χ1v) is 10.7. The fourth-order valence-electron chi connectivity index (χ4n) is 3.96. The third kappa shape index (κ3) is 5.39. The minimum atomic E-state index is -0.250. The van der Waals surface area contributed by atoms with Crippen LogP contribution in [0.2, 0.25) is 0 Å². The number of thiophene rings is 1. The number of rotatable bonds is 5. The average Bonchev–Trinajstić information content (AvgIpc) is 3.46. The van der Waals surface area contributed by atoms with Gasteiger partial charge in [-0.15, -0.1) is 11.3 Å². The first kappa shape index (κ1) is 20.5. The van der Waals surface area contributed by atoms with Crippen molar-refractivity contribution < 1.29 is 14.7 Å². The molecule has 0 aliphatic carbocycles. The molecule has 1 N–H and O–H groups in total. The van der Waals surface area contributed by atoms with Crippen LogP contribution in [0.25, 0.3) is 0 Å². The molecule has 2 saturated heterocycles. The highest BCUT2D eigenvalue weighted by atomic mass is 32.1. The second kappa shape index (κ2) is 10.3. The number of likely N-dealkylation sites (tertiary alicyclic amines) is 2. The second-order valence-corrected chi connectivity index (χ2v) is 8.21. The number of hydrogen-bond acceptors (Lipinski definition) is 5. The number of carboxylic acid groups (broad SMARTS) is 1. The van der Waals surface area contributed by atoms with E-state index >= 15 is 0 Å². The summed E-state index contributed by atoms with van der Waals surface area (Å²) in [7, 11) is 0. The zero-order valence-corrected chi connectivity index (χ0v) is 16.8. The number of pyridine rings is 1. The third-order valence-corrected chi connectivity index (χ3v) is 6.15. The molecule has 0 saturated carbocycles. The van der Waals surface area contributed by atoms with Crippen molar-refractivity contribution >= 4 is 23.7 Å². The van der Waals surface area contributed by atoms with E-state index in [0.29, 0.717) is 6.42 Å². The van der Waals surface area contributed by atoms with Gasteiger partial charge in [-0.3, -0.25) is 19.5 Å². The Morgan fingerprint density at radius 2 is 2.00 bits per heavy atom. The van der Waals surface area contributed by atoms with E-state index in [2.05, 4.69) is 17.0 Å². The van der Waals surface area contributed by atoms with Crippen LogP contribution in [0.4, 0.5) is 0 Å². The first-order valence-electron chi connectivity index (χ1n) is 9.78. The van der Waals surface area contributed by atoms with Gasteiger partial charge in [0.2, 0.25) is 5.91 Å². The summed E-state index contributed by atoms with van der Waals surface area (Å²) in [5.74, 6) is 0.230. The number of aromatic nitrogens is 1. The van der Waals surface area contributed by atoms with E-state index in [0.717, 1.165) is 36.5 Å². The smallest absolute Gasteiger partial charge is 0.290 e. The van der Waals surface area contributed by atoms with Gasteiger partial charge in [-0.05, 0) is 61.8 Å². The molecule has 2 aliphatic heterocycles. The zero-order chi connectivity index (χ0) is 19.8. The van der Waals surface area contributed by atoms with E-state index < -0.39 is 0 Å². The van der Waals surface area contributed by atoms with Crippen LogP contribution in [-0.2, 0) is 22.6 Å². The summed E-state index contributed by atoms with van der Waals surface area (Å²) in [6, 6.07) is 8.52. The molecule has 1 atom stereocenters. The summed E-state index contributed by atoms with van der Waals surface area (Å²) in [5.41, 5.74) is 2.32. The summed E-state index contributed by atoms with van der Waals surface area (Å²) < 4.78 is 0. The highest BCUT2D eigenvalue weighted by Crippen LogP contribution is 2.31. The van der Waals surface area contributed by atoms with Crippen molar-refractivity contribution in [3.63, 3.8) is 0 Å². The molecule has 0 spiro atoms. The largest absolute Gasteiger partial charge is 0.483 e. The quantitative estimate of drug-likeness (QED) is 0.778. The summed E-state index contributed by atoms with van der Waals surface area (Å²) in [5, 5.41) is 8.92. The summed E-state index contributed by atoms with van der Waals surface area (Å²) in [6.07, 6.45) is 7.24. The predicted molar refractivity (Wildman–Crippen MR) is 109 cm³/mol. The van der Waals surface area contributed by atoms with Crippen LogP contribution >= 0.6 is 11.3 Å². The van der Waals surface area contributed by atoms with Crippen molar-refractivity contribution in [1.29, 1.82) is 0 Å². The molecular weight excluding hydrogens is 374 g/mol. The Morgan fingerprint density at radius 1 is 1.21 bits per heavy atom. The van der Waals surface area contributed by atoms with Crippen molar-refractivity contribution in [1.82, 2.24) is 14.8 Å². The van der Waals surface area contributed by atoms with Crippen LogP contribution in [0.15, 0.2) is 35.8 Å². The first-order chi connectivity index (χ1) is 13.7. The van der Waals surface area contributed by atoms with Crippen molar-refractivity contribution in [3.8, 4) is 0 Å². The summed E-state index contributed by atoms with van der Waals surface area (Å²) >= 11 is 1.66. The Bertz CT molecular complexity index is 743. The van der Waals surface area contributed by atoms with Gasteiger partial charge in [0.25, 0.3) is 6.47 Å². The molecule has 2 aromatic rings. The minimum Gasteiger partial charge on any atom is -0.483 e. The fourth-order valence-corrected chi connectivity index (χ4v) is 4.66. The molecule has 4 rings (SSSR count). The highest BCUT2D eigenvalue weighted by Gasteiger charge is 2.30. The molecule has 0 aromatic carbocycles. The van der Waals surface area contributed by atoms with Gasteiger partial charge >= 0.3 is 0 Å². The Hall–Kier alpha value is -2.25. The number of hydrogen-bond donors (Lipinski definition) is 1. The van der Waals surface area contributed by atoms with Crippen LogP contribution in [0.3, 0.4) is 0 Å². The predicted octanol–water partition coefficient (Wildman–Crippen LogP) is 3.35. The van der Waals surface area contributed by atoms with E-state index in [4.69, 9.17) is 14.9 Å². The Labute approximate surface area is 169 Å². The zero-order valence-electron chi connectivity index (χ0n) is 16.0. The second-order valence-electron chi connectivity index (χ2n) is 7.18. The lowest BCUT2D eigenvalue weighted by Crippen LogP contribution is -2.32. The molecule has 1 unspecified atom stereocenters. The number of nitrogens with zero attached hydrogens (tertiary/aromatic N) is 3. The van der Waals surface area contributed by atoms with E-state index in [1.165, 1.54) is 31.5 Å². The molecule has 4 heterocycles. The van der Waals surface area contributed by atoms with Gasteiger partial charge in [0.05, 0.1) is 18.2 Å². The van der Waals surface area contributed by atoms with Crippen LogP contribution in [0.1, 0.15) is 47.9 Å². The maximum absolute atomic E-state index is 12.7. The van der Waals surface area contributed by atoms with E-state index in [-0.39, 0.29) is 18.4 Å².